The SMILES string of the molecule is CCN(CC#N)C(=O)CSCc1coc(-c2ccccc2)n1. The molecule has 0 atom stereocenters. The van der Waals surface area contributed by atoms with Gasteiger partial charge in [-0.25, -0.2) is 4.98 Å². The van der Waals surface area contributed by atoms with E-state index in [4.69, 9.17) is 9.68 Å². The largest absolute Gasteiger partial charge is 0.444 e. The summed E-state index contributed by atoms with van der Waals surface area (Å²) in [7, 11) is 0. The molecule has 0 spiro atoms. The van der Waals surface area contributed by atoms with Gasteiger partial charge in [-0.2, -0.15) is 5.26 Å². The molecule has 0 bridgehead atoms. The average Bonchev–Trinajstić information content (AvgIpc) is 3.02. The first-order valence-electron chi connectivity index (χ1n) is 6.97. The Labute approximate surface area is 133 Å². The van der Waals surface area contributed by atoms with Gasteiger partial charge in [0.25, 0.3) is 0 Å². The van der Waals surface area contributed by atoms with Gasteiger partial charge in [0, 0.05) is 17.9 Å². The molecule has 0 fully saturated rings. The lowest BCUT2D eigenvalue weighted by Gasteiger charge is -2.16. The molecule has 2 rings (SSSR count). The number of carbonyl (C=O) groups excluding carboxylic acids is 1. The van der Waals surface area contributed by atoms with Crippen LogP contribution in [0.3, 0.4) is 0 Å². The van der Waals surface area contributed by atoms with Crippen molar-refractivity contribution in [1.82, 2.24) is 9.88 Å². The minimum absolute atomic E-state index is 0.0270. The van der Waals surface area contributed by atoms with Crippen molar-refractivity contribution < 1.29 is 9.21 Å². The molecule has 1 aromatic heterocycles. The van der Waals surface area contributed by atoms with Crippen molar-refractivity contribution in [2.75, 3.05) is 18.8 Å². The summed E-state index contributed by atoms with van der Waals surface area (Å²) in [5.74, 6) is 1.50. The average molecular weight is 315 g/mol. The molecule has 1 heterocycles. The number of hydrogen-bond acceptors (Lipinski definition) is 5. The zero-order valence-corrected chi connectivity index (χ0v) is 13.2. The molecule has 0 aliphatic heterocycles. The number of oxazole rings is 1. The number of thioether (sulfide) groups is 1. The topological polar surface area (TPSA) is 70.1 Å². The second kappa shape index (κ2) is 8.25. The number of nitriles is 1. The van der Waals surface area contributed by atoms with Crippen LogP contribution < -0.4 is 0 Å². The van der Waals surface area contributed by atoms with Crippen molar-refractivity contribution in [3.63, 3.8) is 0 Å². The number of aromatic nitrogens is 1. The standard InChI is InChI=1S/C16H17N3O2S/c1-2-19(9-8-17)15(20)12-22-11-14-10-21-16(18-14)13-6-4-3-5-7-13/h3-7,10H,2,9,11-12H2,1H3. The molecule has 5 nitrogen and oxygen atoms in total. The maximum Gasteiger partial charge on any atom is 0.233 e. The molecular weight excluding hydrogens is 298 g/mol. The molecule has 0 radical (unpaired) electrons. The lowest BCUT2D eigenvalue weighted by Crippen LogP contribution is -2.32. The fraction of sp³-hybridized carbons (Fsp3) is 0.312. The van der Waals surface area contributed by atoms with E-state index in [2.05, 4.69) is 4.98 Å². The van der Waals surface area contributed by atoms with E-state index in [-0.39, 0.29) is 12.5 Å². The molecule has 0 unspecified atom stereocenters. The Morgan fingerprint density at radius 1 is 1.41 bits per heavy atom. The minimum atomic E-state index is -0.0270. The van der Waals surface area contributed by atoms with Crippen molar-refractivity contribution in [3.05, 3.63) is 42.3 Å². The van der Waals surface area contributed by atoms with Gasteiger partial charge in [0.2, 0.25) is 11.8 Å². The number of rotatable bonds is 7. The van der Waals surface area contributed by atoms with Gasteiger partial charge in [0.15, 0.2) is 0 Å². The first-order chi connectivity index (χ1) is 10.7. The molecule has 0 saturated heterocycles. The van der Waals surface area contributed by atoms with Gasteiger partial charge in [0.1, 0.15) is 12.8 Å². The predicted molar refractivity (Wildman–Crippen MR) is 86.0 cm³/mol. The van der Waals surface area contributed by atoms with E-state index in [0.717, 1.165) is 11.3 Å². The summed E-state index contributed by atoms with van der Waals surface area (Å²) in [6.07, 6.45) is 1.62. The molecular formula is C16H17N3O2S. The molecule has 114 valence electrons. The number of amides is 1. The Morgan fingerprint density at radius 3 is 2.86 bits per heavy atom. The Morgan fingerprint density at radius 2 is 2.18 bits per heavy atom. The Balaban J connectivity index is 1.84. The highest BCUT2D eigenvalue weighted by Crippen LogP contribution is 2.20. The van der Waals surface area contributed by atoms with Crippen LogP contribution in [0.2, 0.25) is 0 Å². The van der Waals surface area contributed by atoms with E-state index in [0.29, 0.717) is 23.9 Å². The van der Waals surface area contributed by atoms with Gasteiger partial charge in [-0.3, -0.25) is 4.79 Å². The third-order valence-corrected chi connectivity index (χ3v) is 3.99. The Bertz CT molecular complexity index is 649. The highest BCUT2D eigenvalue weighted by atomic mass is 32.2. The van der Waals surface area contributed by atoms with Crippen molar-refractivity contribution in [2.24, 2.45) is 0 Å². The second-order valence-corrected chi connectivity index (χ2v) is 5.55. The van der Waals surface area contributed by atoms with E-state index in [1.165, 1.54) is 16.7 Å². The smallest absolute Gasteiger partial charge is 0.233 e. The summed E-state index contributed by atoms with van der Waals surface area (Å²) in [6, 6.07) is 11.7. The third-order valence-electron chi connectivity index (χ3n) is 3.04. The van der Waals surface area contributed by atoms with Gasteiger partial charge in [0.05, 0.1) is 17.5 Å². The normalized spacial score (nSPS) is 10.2. The second-order valence-electron chi connectivity index (χ2n) is 4.57. The molecule has 1 amide bonds. The fourth-order valence-electron chi connectivity index (χ4n) is 1.88. The molecule has 1 aromatic carbocycles. The van der Waals surface area contributed by atoms with Crippen molar-refractivity contribution in [3.8, 4) is 17.5 Å². The van der Waals surface area contributed by atoms with Crippen molar-refractivity contribution in [1.29, 1.82) is 5.26 Å². The summed E-state index contributed by atoms with van der Waals surface area (Å²) in [6.45, 7) is 2.55. The van der Waals surface area contributed by atoms with Crippen LogP contribution in [-0.4, -0.2) is 34.6 Å². The molecule has 0 saturated carbocycles. The first-order valence-corrected chi connectivity index (χ1v) is 8.12. The van der Waals surface area contributed by atoms with Crippen LogP contribution in [0.1, 0.15) is 12.6 Å². The lowest BCUT2D eigenvalue weighted by molar-refractivity contribution is -0.127. The van der Waals surface area contributed by atoms with E-state index in [1.54, 1.807) is 6.26 Å². The zero-order valence-electron chi connectivity index (χ0n) is 12.4. The van der Waals surface area contributed by atoms with E-state index >= 15 is 0 Å². The summed E-state index contributed by atoms with van der Waals surface area (Å²) >= 11 is 1.47. The van der Waals surface area contributed by atoms with Crippen LogP contribution in [0.4, 0.5) is 0 Å². The maximum absolute atomic E-state index is 11.9. The quantitative estimate of drug-likeness (QED) is 0.735. The molecule has 0 aliphatic rings. The van der Waals surface area contributed by atoms with Gasteiger partial charge in [-0.15, -0.1) is 11.8 Å². The van der Waals surface area contributed by atoms with Crippen molar-refractivity contribution in [2.45, 2.75) is 12.7 Å². The number of carbonyl (C=O) groups is 1. The van der Waals surface area contributed by atoms with Gasteiger partial charge in [-0.1, -0.05) is 18.2 Å². The molecule has 6 heteroatoms. The molecule has 2 aromatic rings. The highest BCUT2D eigenvalue weighted by Gasteiger charge is 2.12. The van der Waals surface area contributed by atoms with Crippen molar-refractivity contribution >= 4 is 17.7 Å². The molecule has 0 N–H and O–H groups in total. The van der Waals surface area contributed by atoms with E-state index in [9.17, 15) is 4.79 Å². The van der Waals surface area contributed by atoms with E-state index < -0.39 is 0 Å². The monoisotopic (exact) mass is 315 g/mol. The van der Waals surface area contributed by atoms with Crippen LogP contribution in [0, 0.1) is 11.3 Å². The summed E-state index contributed by atoms with van der Waals surface area (Å²) in [4.78, 5) is 17.8. The number of benzene rings is 1. The molecule has 0 aliphatic carbocycles. The summed E-state index contributed by atoms with van der Waals surface area (Å²) in [5.41, 5.74) is 1.74. The molecule has 22 heavy (non-hydrogen) atoms. The lowest BCUT2D eigenvalue weighted by atomic mass is 10.2. The Kier molecular flexibility index (Phi) is 6.04. The zero-order chi connectivity index (χ0) is 15.8. The van der Waals surface area contributed by atoms with Crippen LogP contribution in [-0.2, 0) is 10.5 Å². The summed E-state index contributed by atoms with van der Waals surface area (Å²) in [5, 5.41) is 8.66. The predicted octanol–water partition coefficient (Wildman–Crippen LogP) is 2.95. The first kappa shape index (κ1) is 16.1. The third kappa shape index (κ3) is 4.37. The van der Waals surface area contributed by atoms with Gasteiger partial charge in [-0.05, 0) is 19.1 Å². The summed E-state index contributed by atoms with van der Waals surface area (Å²) < 4.78 is 5.45. The van der Waals surface area contributed by atoms with Crippen LogP contribution in [0.5, 0.6) is 0 Å². The van der Waals surface area contributed by atoms with E-state index in [1.807, 2.05) is 43.3 Å². The number of hydrogen-bond donors (Lipinski definition) is 0. The Hall–Kier alpha value is -2.26. The highest BCUT2D eigenvalue weighted by molar-refractivity contribution is 7.99. The van der Waals surface area contributed by atoms with Crippen LogP contribution in [0.25, 0.3) is 11.5 Å². The fourth-order valence-corrected chi connectivity index (χ4v) is 2.68. The number of nitrogens with zero attached hydrogens (tertiary/aromatic N) is 3. The van der Waals surface area contributed by atoms with Crippen LogP contribution >= 0.6 is 11.8 Å². The minimum Gasteiger partial charge on any atom is -0.444 e. The van der Waals surface area contributed by atoms with Gasteiger partial charge < -0.3 is 9.32 Å². The maximum atomic E-state index is 11.9. The van der Waals surface area contributed by atoms with Gasteiger partial charge >= 0.3 is 0 Å². The van der Waals surface area contributed by atoms with Crippen LogP contribution in [0.15, 0.2) is 41.0 Å².